The average Bonchev–Trinajstić information content (AvgIpc) is 2.95. The molecule has 0 saturated carbocycles. The number of aryl methyl sites for hydroxylation is 1. The molecule has 0 radical (unpaired) electrons. The fraction of sp³-hybridized carbons (Fsp3) is 0.375. The van der Waals surface area contributed by atoms with E-state index in [0.29, 0.717) is 10.7 Å². The standard InChI is InChI=1S/C24H29N3O5S/c1-5-20(23(29)25-16(2)3)26(14-18-12-10-17(4)11-13-18)22(28)15-27-24(30)19-8-6-7-9-21(19)33(27,31)32/h6-13,16,20H,5,14-15H2,1-4H3,(H,25,29)/t20-/m0/s1. The molecule has 1 atom stereocenters. The zero-order chi connectivity index (χ0) is 24.3. The molecular weight excluding hydrogens is 442 g/mol. The van der Waals surface area contributed by atoms with Crippen molar-refractivity contribution in [1.82, 2.24) is 14.5 Å². The lowest BCUT2D eigenvalue weighted by atomic mass is 10.1. The van der Waals surface area contributed by atoms with Crippen molar-refractivity contribution in [2.24, 2.45) is 0 Å². The molecule has 1 heterocycles. The second-order valence-electron chi connectivity index (χ2n) is 8.41. The Labute approximate surface area is 194 Å². The summed E-state index contributed by atoms with van der Waals surface area (Å²) in [6.07, 6.45) is 0.330. The summed E-state index contributed by atoms with van der Waals surface area (Å²) in [6, 6.07) is 12.5. The maximum atomic E-state index is 13.4. The number of benzene rings is 2. The van der Waals surface area contributed by atoms with Crippen molar-refractivity contribution in [3.05, 3.63) is 65.2 Å². The number of carbonyl (C=O) groups is 3. The van der Waals surface area contributed by atoms with Gasteiger partial charge in [-0.1, -0.05) is 48.9 Å². The van der Waals surface area contributed by atoms with Crippen LogP contribution in [-0.2, 0) is 26.2 Å². The van der Waals surface area contributed by atoms with Crippen LogP contribution in [0.5, 0.6) is 0 Å². The topological polar surface area (TPSA) is 104 Å². The van der Waals surface area contributed by atoms with Crippen molar-refractivity contribution in [2.45, 2.75) is 57.6 Å². The molecule has 0 bridgehead atoms. The van der Waals surface area contributed by atoms with Crippen LogP contribution in [0.4, 0.5) is 0 Å². The highest BCUT2D eigenvalue weighted by Gasteiger charge is 2.43. The highest BCUT2D eigenvalue weighted by Crippen LogP contribution is 2.30. The van der Waals surface area contributed by atoms with Crippen LogP contribution in [0, 0.1) is 6.92 Å². The van der Waals surface area contributed by atoms with Crippen molar-refractivity contribution in [3.63, 3.8) is 0 Å². The van der Waals surface area contributed by atoms with E-state index in [1.165, 1.54) is 23.1 Å². The summed E-state index contributed by atoms with van der Waals surface area (Å²) in [7, 11) is -4.14. The lowest BCUT2D eigenvalue weighted by Crippen LogP contribution is -2.53. The number of rotatable bonds is 8. The zero-order valence-electron chi connectivity index (χ0n) is 19.2. The van der Waals surface area contributed by atoms with Gasteiger partial charge in [0.25, 0.3) is 15.9 Å². The van der Waals surface area contributed by atoms with Crippen LogP contribution in [0.25, 0.3) is 0 Å². The number of nitrogens with zero attached hydrogens (tertiary/aromatic N) is 2. The molecule has 0 fully saturated rings. The Hall–Kier alpha value is -3.20. The van der Waals surface area contributed by atoms with Gasteiger partial charge in [0.15, 0.2) is 0 Å². The maximum absolute atomic E-state index is 13.4. The maximum Gasteiger partial charge on any atom is 0.269 e. The Bertz CT molecular complexity index is 1160. The normalized spacial score (nSPS) is 15.3. The van der Waals surface area contributed by atoms with E-state index < -0.39 is 34.4 Å². The Morgan fingerprint density at radius 1 is 1.06 bits per heavy atom. The molecule has 0 aromatic heterocycles. The smallest absolute Gasteiger partial charge is 0.269 e. The Balaban J connectivity index is 1.92. The minimum atomic E-state index is -4.14. The average molecular weight is 472 g/mol. The summed E-state index contributed by atoms with van der Waals surface area (Å²) >= 11 is 0. The number of nitrogens with one attached hydrogen (secondary N) is 1. The van der Waals surface area contributed by atoms with Gasteiger partial charge >= 0.3 is 0 Å². The SMILES string of the molecule is CC[C@@H](C(=O)NC(C)C)N(Cc1ccc(C)cc1)C(=O)CN1C(=O)c2ccccc2S1(=O)=O. The number of sulfonamides is 1. The molecular formula is C24H29N3O5S. The Morgan fingerprint density at radius 2 is 1.70 bits per heavy atom. The van der Waals surface area contributed by atoms with Gasteiger partial charge in [-0.15, -0.1) is 0 Å². The molecule has 0 aliphatic carbocycles. The predicted molar refractivity (Wildman–Crippen MR) is 124 cm³/mol. The number of fused-ring (bicyclic) bond motifs is 1. The van der Waals surface area contributed by atoms with Crippen molar-refractivity contribution in [1.29, 1.82) is 0 Å². The number of amides is 3. The van der Waals surface area contributed by atoms with Gasteiger partial charge in [0, 0.05) is 12.6 Å². The molecule has 0 unspecified atom stereocenters. The summed E-state index contributed by atoms with van der Waals surface area (Å²) < 4.78 is 26.4. The van der Waals surface area contributed by atoms with Gasteiger partial charge in [0.2, 0.25) is 11.8 Å². The van der Waals surface area contributed by atoms with E-state index in [1.54, 1.807) is 13.0 Å². The minimum absolute atomic E-state index is 0.0416. The Morgan fingerprint density at radius 3 is 2.27 bits per heavy atom. The van der Waals surface area contributed by atoms with Crippen LogP contribution in [0.2, 0.25) is 0 Å². The van der Waals surface area contributed by atoms with Crippen LogP contribution in [0.15, 0.2) is 53.4 Å². The van der Waals surface area contributed by atoms with Crippen LogP contribution < -0.4 is 5.32 Å². The second-order valence-corrected chi connectivity index (χ2v) is 10.2. The van der Waals surface area contributed by atoms with Gasteiger partial charge < -0.3 is 10.2 Å². The largest absolute Gasteiger partial charge is 0.352 e. The fourth-order valence-corrected chi connectivity index (χ4v) is 5.31. The molecule has 2 aromatic rings. The van der Waals surface area contributed by atoms with Crippen molar-refractivity contribution in [3.8, 4) is 0 Å². The van der Waals surface area contributed by atoms with Gasteiger partial charge in [-0.05, 0) is 44.9 Å². The van der Waals surface area contributed by atoms with Crippen molar-refractivity contribution >= 4 is 27.7 Å². The van der Waals surface area contributed by atoms with Crippen LogP contribution in [0.3, 0.4) is 0 Å². The van der Waals surface area contributed by atoms with Crippen molar-refractivity contribution < 1.29 is 22.8 Å². The number of hydrogen-bond donors (Lipinski definition) is 1. The van der Waals surface area contributed by atoms with E-state index in [9.17, 15) is 22.8 Å². The number of carbonyl (C=O) groups excluding carboxylic acids is 3. The summed E-state index contributed by atoms with van der Waals surface area (Å²) in [4.78, 5) is 40.3. The molecule has 2 aromatic carbocycles. The first-order valence-corrected chi connectivity index (χ1v) is 12.3. The molecule has 3 amide bonds. The third-order valence-electron chi connectivity index (χ3n) is 5.48. The van der Waals surface area contributed by atoms with Gasteiger partial charge in [0.1, 0.15) is 17.5 Å². The molecule has 0 spiro atoms. The predicted octanol–water partition coefficient (Wildman–Crippen LogP) is 2.47. The highest BCUT2D eigenvalue weighted by molar-refractivity contribution is 7.90. The molecule has 1 aliphatic rings. The summed E-state index contributed by atoms with van der Waals surface area (Å²) in [5.74, 6) is -1.69. The molecule has 33 heavy (non-hydrogen) atoms. The van der Waals surface area contributed by atoms with E-state index in [4.69, 9.17) is 0 Å². The summed E-state index contributed by atoms with van der Waals surface area (Å²) in [5.41, 5.74) is 1.89. The van der Waals surface area contributed by atoms with Gasteiger partial charge in [-0.2, -0.15) is 0 Å². The Kier molecular flexibility index (Phi) is 7.22. The molecule has 9 heteroatoms. The molecule has 8 nitrogen and oxygen atoms in total. The third kappa shape index (κ3) is 5.08. The van der Waals surface area contributed by atoms with E-state index in [-0.39, 0.29) is 29.0 Å². The monoisotopic (exact) mass is 471 g/mol. The highest BCUT2D eigenvalue weighted by atomic mass is 32.2. The van der Waals surface area contributed by atoms with Crippen molar-refractivity contribution in [2.75, 3.05) is 6.54 Å². The first-order chi connectivity index (χ1) is 15.6. The minimum Gasteiger partial charge on any atom is -0.352 e. The molecule has 0 saturated heterocycles. The first kappa shape index (κ1) is 24.4. The lowest BCUT2D eigenvalue weighted by Gasteiger charge is -2.32. The zero-order valence-corrected chi connectivity index (χ0v) is 20.1. The molecule has 176 valence electrons. The second kappa shape index (κ2) is 9.74. The molecule has 1 N–H and O–H groups in total. The van der Waals surface area contributed by atoms with Gasteiger partial charge in [0.05, 0.1) is 5.56 Å². The summed E-state index contributed by atoms with van der Waals surface area (Å²) in [5, 5.41) is 2.83. The lowest BCUT2D eigenvalue weighted by molar-refractivity contribution is -0.141. The molecule has 3 rings (SSSR count). The molecule has 1 aliphatic heterocycles. The van der Waals surface area contributed by atoms with Gasteiger partial charge in [-0.3, -0.25) is 14.4 Å². The third-order valence-corrected chi connectivity index (χ3v) is 7.27. The van der Waals surface area contributed by atoms with Crippen LogP contribution in [-0.4, -0.2) is 54.0 Å². The van der Waals surface area contributed by atoms with Crippen LogP contribution >= 0.6 is 0 Å². The number of hydrogen-bond acceptors (Lipinski definition) is 5. The van der Waals surface area contributed by atoms with E-state index in [1.807, 2.05) is 45.0 Å². The summed E-state index contributed by atoms with van der Waals surface area (Å²) in [6.45, 7) is 6.81. The van der Waals surface area contributed by atoms with E-state index in [0.717, 1.165) is 11.1 Å². The first-order valence-electron chi connectivity index (χ1n) is 10.9. The van der Waals surface area contributed by atoms with E-state index in [2.05, 4.69) is 5.32 Å². The van der Waals surface area contributed by atoms with Crippen LogP contribution in [0.1, 0.15) is 48.7 Å². The van der Waals surface area contributed by atoms with Gasteiger partial charge in [-0.25, -0.2) is 12.7 Å². The van der Waals surface area contributed by atoms with E-state index >= 15 is 0 Å². The quantitative estimate of drug-likeness (QED) is 0.637. The fourth-order valence-electron chi connectivity index (χ4n) is 3.79.